The quantitative estimate of drug-likeness (QED) is 0.529. The molecule has 0 saturated heterocycles. The zero-order valence-corrected chi connectivity index (χ0v) is 15.9. The van der Waals surface area contributed by atoms with Crippen LogP contribution in [-0.2, 0) is 17.9 Å². The fourth-order valence-corrected chi connectivity index (χ4v) is 3.16. The van der Waals surface area contributed by atoms with Gasteiger partial charge in [-0.3, -0.25) is 9.59 Å². The van der Waals surface area contributed by atoms with Crippen LogP contribution in [0.1, 0.15) is 21.9 Å². The van der Waals surface area contributed by atoms with Crippen molar-refractivity contribution in [3.8, 4) is 0 Å². The number of anilines is 1. The zero-order valence-electron chi connectivity index (χ0n) is 15.9. The number of benzene rings is 2. The van der Waals surface area contributed by atoms with Crippen LogP contribution in [0.5, 0.6) is 0 Å². The van der Waals surface area contributed by atoms with Crippen molar-refractivity contribution < 1.29 is 14.0 Å². The number of carbonyl (C=O) groups is 2. The van der Waals surface area contributed by atoms with Crippen molar-refractivity contribution in [1.82, 2.24) is 14.9 Å². The van der Waals surface area contributed by atoms with E-state index in [9.17, 15) is 9.59 Å². The van der Waals surface area contributed by atoms with E-state index in [4.69, 9.17) is 4.42 Å². The monoisotopic (exact) mass is 388 g/mol. The second-order valence-corrected chi connectivity index (χ2v) is 6.68. The minimum atomic E-state index is -0.335. The van der Waals surface area contributed by atoms with Crippen LogP contribution < -0.4 is 10.6 Å². The second-order valence-electron chi connectivity index (χ2n) is 6.68. The molecule has 4 rings (SSSR count). The van der Waals surface area contributed by atoms with Gasteiger partial charge in [-0.05, 0) is 48.9 Å². The van der Waals surface area contributed by atoms with Crippen molar-refractivity contribution in [1.29, 1.82) is 0 Å². The molecular weight excluding hydrogens is 368 g/mol. The van der Waals surface area contributed by atoms with Crippen LogP contribution in [-0.4, -0.2) is 21.4 Å². The number of nitrogens with one attached hydrogen (secondary N) is 2. The standard InChI is InChI=1S/C22H20N4O3/c1-15-6-4-7-16(12-15)24-21(27)14-26-18-9-3-2-8-17(18)25-20(26)13-23-22(28)19-10-5-11-29-19/h2-12H,13-14H2,1H3,(H,23,28)(H,24,27). The van der Waals surface area contributed by atoms with Crippen molar-refractivity contribution >= 4 is 28.5 Å². The summed E-state index contributed by atoms with van der Waals surface area (Å²) in [4.78, 5) is 29.4. The van der Waals surface area contributed by atoms with Gasteiger partial charge in [0.05, 0.1) is 23.8 Å². The number of aromatic nitrogens is 2. The lowest BCUT2D eigenvalue weighted by Gasteiger charge is -2.11. The summed E-state index contributed by atoms with van der Waals surface area (Å²) in [5.74, 6) is 0.311. The van der Waals surface area contributed by atoms with E-state index in [1.54, 1.807) is 12.1 Å². The number of para-hydroxylation sites is 2. The van der Waals surface area contributed by atoms with Gasteiger partial charge in [-0.15, -0.1) is 0 Å². The van der Waals surface area contributed by atoms with Gasteiger partial charge < -0.3 is 19.6 Å². The first-order valence-corrected chi connectivity index (χ1v) is 9.22. The molecule has 0 spiro atoms. The summed E-state index contributed by atoms with van der Waals surface area (Å²) in [5.41, 5.74) is 3.40. The highest BCUT2D eigenvalue weighted by Gasteiger charge is 2.16. The summed E-state index contributed by atoms with van der Waals surface area (Å²) in [6, 6.07) is 18.4. The lowest BCUT2D eigenvalue weighted by atomic mass is 10.2. The number of aryl methyl sites for hydroxylation is 1. The van der Waals surface area contributed by atoms with Gasteiger partial charge >= 0.3 is 0 Å². The van der Waals surface area contributed by atoms with Crippen molar-refractivity contribution in [3.05, 3.63) is 84.1 Å². The molecule has 2 N–H and O–H groups in total. The smallest absolute Gasteiger partial charge is 0.287 e. The summed E-state index contributed by atoms with van der Waals surface area (Å²) in [5, 5.41) is 5.70. The van der Waals surface area contributed by atoms with Crippen LogP contribution in [0.15, 0.2) is 71.3 Å². The number of amides is 2. The van der Waals surface area contributed by atoms with Gasteiger partial charge in [0.25, 0.3) is 5.91 Å². The van der Waals surface area contributed by atoms with Crippen LogP contribution >= 0.6 is 0 Å². The van der Waals surface area contributed by atoms with Gasteiger partial charge in [0, 0.05) is 5.69 Å². The van der Waals surface area contributed by atoms with Crippen LogP contribution in [0.25, 0.3) is 11.0 Å². The maximum atomic E-state index is 12.6. The highest BCUT2D eigenvalue weighted by atomic mass is 16.3. The molecule has 146 valence electrons. The molecule has 0 atom stereocenters. The second kappa shape index (κ2) is 8.02. The molecule has 0 bridgehead atoms. The molecule has 0 aliphatic rings. The van der Waals surface area contributed by atoms with E-state index in [0.29, 0.717) is 5.82 Å². The molecule has 2 aromatic carbocycles. The number of fused-ring (bicyclic) bond motifs is 1. The van der Waals surface area contributed by atoms with E-state index in [1.807, 2.05) is 60.0 Å². The highest BCUT2D eigenvalue weighted by molar-refractivity contribution is 5.92. The van der Waals surface area contributed by atoms with Crippen molar-refractivity contribution in [2.75, 3.05) is 5.32 Å². The third-order valence-electron chi connectivity index (χ3n) is 4.49. The number of imidazole rings is 1. The number of nitrogens with zero attached hydrogens (tertiary/aromatic N) is 2. The predicted molar refractivity (Wildman–Crippen MR) is 109 cm³/mol. The largest absolute Gasteiger partial charge is 0.459 e. The van der Waals surface area contributed by atoms with E-state index < -0.39 is 0 Å². The molecule has 0 radical (unpaired) electrons. The fraction of sp³-hybridized carbons (Fsp3) is 0.136. The Balaban J connectivity index is 1.54. The average molecular weight is 388 g/mol. The van der Waals surface area contributed by atoms with E-state index >= 15 is 0 Å². The lowest BCUT2D eigenvalue weighted by molar-refractivity contribution is -0.116. The van der Waals surface area contributed by atoms with Gasteiger partial charge in [0.15, 0.2) is 5.76 Å². The summed E-state index contributed by atoms with van der Waals surface area (Å²) < 4.78 is 6.92. The fourth-order valence-electron chi connectivity index (χ4n) is 3.16. The Bertz CT molecular complexity index is 1160. The van der Waals surface area contributed by atoms with Crippen LogP contribution in [0.3, 0.4) is 0 Å². The van der Waals surface area contributed by atoms with Gasteiger partial charge in [0.1, 0.15) is 12.4 Å². The van der Waals surface area contributed by atoms with E-state index in [2.05, 4.69) is 15.6 Å². The number of furan rings is 1. The third kappa shape index (κ3) is 4.19. The summed E-state index contributed by atoms with van der Waals surface area (Å²) in [7, 11) is 0. The van der Waals surface area contributed by atoms with E-state index in [-0.39, 0.29) is 30.7 Å². The molecule has 0 unspecified atom stereocenters. The Hall–Kier alpha value is -3.87. The highest BCUT2D eigenvalue weighted by Crippen LogP contribution is 2.17. The van der Waals surface area contributed by atoms with Gasteiger partial charge in [-0.1, -0.05) is 24.3 Å². The molecule has 0 aliphatic heterocycles. The van der Waals surface area contributed by atoms with E-state index in [1.165, 1.54) is 6.26 Å². The first-order chi connectivity index (χ1) is 14.1. The average Bonchev–Trinajstić information content (AvgIpc) is 3.35. The van der Waals surface area contributed by atoms with Crippen molar-refractivity contribution in [3.63, 3.8) is 0 Å². The van der Waals surface area contributed by atoms with Gasteiger partial charge in [-0.25, -0.2) is 4.98 Å². The normalized spacial score (nSPS) is 10.8. The molecule has 0 saturated carbocycles. The number of hydrogen-bond acceptors (Lipinski definition) is 4. The minimum Gasteiger partial charge on any atom is -0.459 e. The molecule has 0 fully saturated rings. The molecule has 7 nitrogen and oxygen atoms in total. The Morgan fingerprint density at radius 2 is 1.93 bits per heavy atom. The molecule has 29 heavy (non-hydrogen) atoms. The number of rotatable bonds is 6. The van der Waals surface area contributed by atoms with Crippen molar-refractivity contribution in [2.24, 2.45) is 0 Å². The van der Waals surface area contributed by atoms with Gasteiger partial charge in [-0.2, -0.15) is 0 Å². The molecule has 2 amide bonds. The zero-order chi connectivity index (χ0) is 20.2. The Labute approximate surface area is 167 Å². The maximum Gasteiger partial charge on any atom is 0.287 e. The topological polar surface area (TPSA) is 89.2 Å². The Kier molecular flexibility index (Phi) is 5.11. The van der Waals surface area contributed by atoms with E-state index in [0.717, 1.165) is 22.3 Å². The first kappa shape index (κ1) is 18.5. The molecule has 4 aromatic rings. The maximum absolute atomic E-state index is 12.6. The minimum absolute atomic E-state index is 0.0837. The predicted octanol–water partition coefficient (Wildman–Crippen LogP) is 3.51. The molecule has 2 aromatic heterocycles. The Morgan fingerprint density at radius 3 is 2.72 bits per heavy atom. The lowest BCUT2D eigenvalue weighted by Crippen LogP contribution is -2.26. The van der Waals surface area contributed by atoms with Crippen LogP contribution in [0.2, 0.25) is 0 Å². The summed E-state index contributed by atoms with van der Waals surface area (Å²) in [6.45, 7) is 2.23. The first-order valence-electron chi connectivity index (χ1n) is 9.22. The molecule has 2 heterocycles. The SMILES string of the molecule is Cc1cccc(NC(=O)Cn2c(CNC(=O)c3ccco3)nc3ccccc32)c1. The molecule has 7 heteroatoms. The molecule has 0 aliphatic carbocycles. The number of hydrogen-bond donors (Lipinski definition) is 2. The van der Waals surface area contributed by atoms with Gasteiger partial charge in [0.2, 0.25) is 5.91 Å². The number of carbonyl (C=O) groups excluding carboxylic acids is 2. The third-order valence-corrected chi connectivity index (χ3v) is 4.49. The van der Waals surface area contributed by atoms with Crippen LogP contribution in [0, 0.1) is 6.92 Å². The summed E-state index contributed by atoms with van der Waals surface area (Å²) >= 11 is 0. The molecular formula is C22H20N4O3. The summed E-state index contributed by atoms with van der Waals surface area (Å²) in [6.07, 6.45) is 1.44. The van der Waals surface area contributed by atoms with Crippen molar-refractivity contribution in [2.45, 2.75) is 20.0 Å². The Morgan fingerprint density at radius 1 is 1.07 bits per heavy atom. The van der Waals surface area contributed by atoms with Crippen LogP contribution in [0.4, 0.5) is 5.69 Å².